The molecule has 0 heterocycles. The third-order valence-electron chi connectivity index (χ3n) is 11.2. The summed E-state index contributed by atoms with van der Waals surface area (Å²) < 4.78 is 36.7. The van der Waals surface area contributed by atoms with Gasteiger partial charge in [-0.05, 0) is 104 Å². The molecule has 0 bridgehead atoms. The molecule has 0 aromatic carbocycles. The minimum atomic E-state index is -4.45. The highest BCUT2D eigenvalue weighted by atomic mass is 32.3. The van der Waals surface area contributed by atoms with Gasteiger partial charge in [-0.15, -0.1) is 0 Å². The smallest absolute Gasteiger partial charge is 0.393 e. The average Bonchev–Trinajstić information content (AvgIpc) is 3.08. The molecule has 0 saturated heterocycles. The van der Waals surface area contributed by atoms with Crippen LogP contribution in [0.25, 0.3) is 0 Å². The Kier molecular flexibility index (Phi) is 7.36. The van der Waals surface area contributed by atoms with E-state index in [1.807, 2.05) is 13.8 Å². The van der Waals surface area contributed by atoms with Crippen LogP contribution in [-0.4, -0.2) is 36.1 Å². The van der Waals surface area contributed by atoms with E-state index in [0.29, 0.717) is 60.6 Å². The summed E-state index contributed by atoms with van der Waals surface area (Å²) in [5, 5.41) is 11.4. The van der Waals surface area contributed by atoms with Crippen molar-refractivity contribution in [2.75, 3.05) is 0 Å². The van der Waals surface area contributed by atoms with E-state index in [9.17, 15) is 18.3 Å². The minimum Gasteiger partial charge on any atom is -0.393 e. The summed E-state index contributed by atoms with van der Waals surface area (Å²) in [5.41, 5.74) is 0.368. The fourth-order valence-corrected chi connectivity index (χ4v) is 9.90. The van der Waals surface area contributed by atoms with Crippen LogP contribution in [0.4, 0.5) is 0 Å². The van der Waals surface area contributed by atoms with Crippen molar-refractivity contribution in [1.29, 1.82) is 0 Å². The van der Waals surface area contributed by atoms with Gasteiger partial charge in [0, 0.05) is 12.8 Å². The Morgan fingerprint density at radius 3 is 2.35 bits per heavy atom. The maximum atomic E-state index is 12.2. The van der Waals surface area contributed by atoms with Crippen molar-refractivity contribution in [2.45, 2.75) is 111 Å². The number of rotatable bonds is 7. The van der Waals surface area contributed by atoms with Gasteiger partial charge < -0.3 is 5.11 Å². The van der Waals surface area contributed by atoms with Crippen molar-refractivity contribution >= 4 is 16.2 Å². The number of aliphatic hydroxyl groups is 1. The molecule has 6 nitrogen and oxygen atoms in total. The highest BCUT2D eigenvalue weighted by Gasteiger charge is 2.62. The maximum absolute atomic E-state index is 12.2. The third-order valence-corrected chi connectivity index (χ3v) is 11.6. The van der Waals surface area contributed by atoms with Gasteiger partial charge in [-0.25, -0.2) is 4.18 Å². The first kappa shape index (κ1) is 26.6. The summed E-state index contributed by atoms with van der Waals surface area (Å²) in [5.74, 6) is 3.04. The zero-order valence-electron chi connectivity index (χ0n) is 21.7. The van der Waals surface area contributed by atoms with Crippen molar-refractivity contribution in [2.24, 2.45) is 52.3 Å². The van der Waals surface area contributed by atoms with Crippen LogP contribution in [0, 0.1) is 52.3 Å². The highest BCUT2D eigenvalue weighted by molar-refractivity contribution is 7.80. The Balaban J connectivity index is 1.47. The van der Waals surface area contributed by atoms with Gasteiger partial charge in [0.2, 0.25) is 0 Å². The molecule has 6 unspecified atom stereocenters. The number of ketones is 1. The molecule has 4 rings (SSSR count). The van der Waals surface area contributed by atoms with E-state index in [4.69, 9.17) is 8.74 Å². The molecular weight excluding hydrogens is 452 g/mol. The molecule has 196 valence electrons. The molecular formula is C27H46O6S. The third kappa shape index (κ3) is 4.76. The molecule has 4 saturated carbocycles. The first-order valence-corrected chi connectivity index (χ1v) is 15.0. The van der Waals surface area contributed by atoms with E-state index in [-0.39, 0.29) is 22.9 Å². The van der Waals surface area contributed by atoms with Crippen molar-refractivity contribution < 1.29 is 27.1 Å². The second-order valence-corrected chi connectivity index (χ2v) is 14.2. The lowest BCUT2D eigenvalue weighted by molar-refractivity contribution is -0.169. The van der Waals surface area contributed by atoms with Crippen LogP contribution in [0.3, 0.4) is 0 Å². The topological polar surface area (TPSA) is 101 Å². The molecule has 34 heavy (non-hydrogen) atoms. The molecule has 0 aromatic heterocycles. The van der Waals surface area contributed by atoms with Gasteiger partial charge >= 0.3 is 10.4 Å². The number of Topliss-reactive ketones (excluding diaryl/α,β-unsaturated/α-hetero) is 1. The largest absolute Gasteiger partial charge is 0.397 e. The molecule has 2 N–H and O–H groups in total. The Labute approximate surface area is 206 Å². The summed E-state index contributed by atoms with van der Waals surface area (Å²) in [7, 11) is -4.45. The second kappa shape index (κ2) is 9.42. The fraction of sp³-hybridized carbons (Fsp3) is 0.963. The van der Waals surface area contributed by atoms with E-state index in [1.165, 1.54) is 6.42 Å². The quantitative estimate of drug-likeness (QED) is 0.453. The fourth-order valence-electron chi connectivity index (χ4n) is 9.27. The Morgan fingerprint density at radius 1 is 1.03 bits per heavy atom. The highest BCUT2D eigenvalue weighted by Crippen LogP contribution is 2.68. The minimum absolute atomic E-state index is 0.00456. The Morgan fingerprint density at radius 2 is 1.71 bits per heavy atom. The number of fused-ring (bicyclic) bond motifs is 5. The maximum Gasteiger partial charge on any atom is 0.397 e. The van der Waals surface area contributed by atoms with Crippen molar-refractivity contribution in [3.05, 3.63) is 0 Å². The molecule has 0 radical (unpaired) electrons. The Hall–Kier alpha value is -0.500. The Bertz CT molecular complexity index is 870. The van der Waals surface area contributed by atoms with E-state index >= 15 is 0 Å². The van der Waals surface area contributed by atoms with Crippen molar-refractivity contribution in [3.63, 3.8) is 0 Å². The lowest BCUT2D eigenvalue weighted by Crippen LogP contribution is -2.58. The summed E-state index contributed by atoms with van der Waals surface area (Å²) in [4.78, 5) is 12.2. The van der Waals surface area contributed by atoms with Gasteiger partial charge in [0.1, 0.15) is 5.78 Å². The van der Waals surface area contributed by atoms with Crippen LogP contribution in [0.2, 0.25) is 0 Å². The predicted octanol–water partition coefficient (Wildman–Crippen LogP) is 5.45. The van der Waals surface area contributed by atoms with Crippen molar-refractivity contribution in [1.82, 2.24) is 0 Å². The first-order valence-electron chi connectivity index (χ1n) is 13.6. The lowest BCUT2D eigenvalue weighted by atomic mass is 9.44. The van der Waals surface area contributed by atoms with Crippen LogP contribution in [0.5, 0.6) is 0 Å². The predicted molar refractivity (Wildman–Crippen MR) is 131 cm³/mol. The molecule has 0 amide bonds. The van der Waals surface area contributed by atoms with E-state index in [0.717, 1.165) is 38.5 Å². The van der Waals surface area contributed by atoms with E-state index in [1.54, 1.807) is 0 Å². The standard InChI is InChI=1S/C27H46O6S/c1-16(2)24(33-34(30,31)32)9-6-17(3)20-7-8-21-25-22(11-13-27(20,21)5)26(4)12-10-19(28)14-18(26)15-23(25)29/h16-18,20-25,29H,6-15H2,1-5H3,(H,30,31,32)/t17-,18-,20?,21?,22?,23-,24?,25?,26?,27-/m1/s1. The SMILES string of the molecule is CC(C)C(CC[C@@H](C)C1CCC2C3C(CC[C@@]21C)C1(C)CCC(=O)C[C@@H]1C[C@H]3O)OS(=O)(=O)O. The number of carbonyl (C=O) groups is 1. The molecule has 4 fully saturated rings. The normalized spacial score (nSPS) is 44.3. The summed E-state index contributed by atoms with van der Waals surface area (Å²) in [6.45, 7) is 11.0. The van der Waals surface area contributed by atoms with Gasteiger partial charge in [-0.3, -0.25) is 9.35 Å². The molecule has 4 aliphatic carbocycles. The number of hydrogen-bond donors (Lipinski definition) is 2. The molecule has 0 spiro atoms. The average molecular weight is 499 g/mol. The van der Waals surface area contributed by atoms with E-state index in [2.05, 4.69) is 20.8 Å². The number of carbonyl (C=O) groups excluding carboxylic acids is 1. The zero-order valence-corrected chi connectivity index (χ0v) is 22.5. The molecule has 10 atom stereocenters. The molecule has 7 heteroatoms. The summed E-state index contributed by atoms with van der Waals surface area (Å²) in [6, 6.07) is 0. The van der Waals surface area contributed by atoms with Crippen LogP contribution >= 0.6 is 0 Å². The van der Waals surface area contributed by atoms with Crippen molar-refractivity contribution in [3.8, 4) is 0 Å². The van der Waals surface area contributed by atoms with Crippen LogP contribution < -0.4 is 0 Å². The van der Waals surface area contributed by atoms with Gasteiger partial charge in [0.05, 0.1) is 12.2 Å². The zero-order chi connectivity index (χ0) is 25.1. The molecule has 0 aromatic rings. The van der Waals surface area contributed by atoms with E-state index < -0.39 is 16.5 Å². The van der Waals surface area contributed by atoms with Crippen LogP contribution in [-0.2, 0) is 19.4 Å². The monoisotopic (exact) mass is 498 g/mol. The summed E-state index contributed by atoms with van der Waals surface area (Å²) in [6.07, 6.45) is 8.40. The lowest BCUT2D eigenvalue weighted by Gasteiger charge is -2.62. The first-order chi connectivity index (χ1) is 15.8. The van der Waals surface area contributed by atoms with Crippen LogP contribution in [0.15, 0.2) is 0 Å². The van der Waals surface area contributed by atoms with Gasteiger partial charge in [0.25, 0.3) is 0 Å². The number of hydrogen-bond acceptors (Lipinski definition) is 5. The van der Waals surface area contributed by atoms with Gasteiger partial charge in [-0.2, -0.15) is 8.42 Å². The summed E-state index contributed by atoms with van der Waals surface area (Å²) >= 11 is 0. The second-order valence-electron chi connectivity index (χ2n) is 13.1. The van der Waals surface area contributed by atoms with Gasteiger partial charge in [0.15, 0.2) is 0 Å². The molecule has 4 aliphatic rings. The molecule has 0 aliphatic heterocycles. The van der Waals surface area contributed by atoms with Crippen LogP contribution in [0.1, 0.15) is 98.8 Å². The number of aliphatic hydroxyl groups excluding tert-OH is 1. The van der Waals surface area contributed by atoms with Gasteiger partial charge in [-0.1, -0.05) is 34.6 Å².